The summed E-state index contributed by atoms with van der Waals surface area (Å²) in [6.07, 6.45) is 0.728. The van der Waals surface area contributed by atoms with Crippen molar-refractivity contribution in [3.05, 3.63) is 24.3 Å². The highest BCUT2D eigenvalue weighted by atomic mass is 32.2. The first-order chi connectivity index (χ1) is 7.76. The molecule has 0 heterocycles. The van der Waals surface area contributed by atoms with E-state index in [1.165, 1.54) is 6.07 Å². The zero-order valence-electron chi connectivity index (χ0n) is 10.1. The summed E-state index contributed by atoms with van der Waals surface area (Å²) in [5, 5.41) is 8.31. The summed E-state index contributed by atoms with van der Waals surface area (Å²) >= 11 is 0. The van der Waals surface area contributed by atoms with E-state index in [0.717, 1.165) is 6.42 Å². The number of para-hydroxylation sites is 1. The zero-order valence-corrected chi connectivity index (χ0v) is 10.9. The Labute approximate surface area is 102 Å². The maximum atomic E-state index is 11.4. The average Bonchev–Trinajstić information content (AvgIpc) is 2.15. The van der Waals surface area contributed by atoms with Crippen LogP contribution in [-0.2, 0) is 10.0 Å². The van der Waals surface area contributed by atoms with E-state index in [4.69, 9.17) is 10.9 Å². The van der Waals surface area contributed by atoms with Crippen molar-refractivity contribution in [3.63, 3.8) is 0 Å². The van der Waals surface area contributed by atoms with Crippen molar-refractivity contribution in [1.29, 1.82) is 0 Å². The van der Waals surface area contributed by atoms with Gasteiger partial charge in [0.15, 0.2) is 0 Å². The maximum absolute atomic E-state index is 11.4. The molecule has 17 heavy (non-hydrogen) atoms. The molecule has 0 aliphatic carbocycles. The van der Waals surface area contributed by atoms with Gasteiger partial charge in [-0.3, -0.25) is 0 Å². The molecule has 0 fully saturated rings. The van der Waals surface area contributed by atoms with Crippen LogP contribution in [0, 0.1) is 0 Å². The van der Waals surface area contributed by atoms with E-state index in [0.29, 0.717) is 12.2 Å². The molecule has 0 saturated heterocycles. The lowest BCUT2D eigenvalue weighted by atomic mass is 10.0. The number of nitrogens with one attached hydrogen (secondary N) is 1. The lowest BCUT2D eigenvalue weighted by molar-refractivity contribution is 0.525. The van der Waals surface area contributed by atoms with Crippen molar-refractivity contribution in [2.24, 2.45) is 10.9 Å². The smallest absolute Gasteiger partial charge is 0.240 e. The van der Waals surface area contributed by atoms with E-state index in [-0.39, 0.29) is 10.4 Å². The molecule has 0 aromatic heterocycles. The van der Waals surface area contributed by atoms with Gasteiger partial charge in [0.05, 0.1) is 5.69 Å². The van der Waals surface area contributed by atoms with Crippen LogP contribution in [0.1, 0.15) is 20.3 Å². The number of sulfonamides is 1. The quantitative estimate of drug-likeness (QED) is 0.729. The summed E-state index contributed by atoms with van der Waals surface area (Å²) in [6, 6.07) is 6.57. The van der Waals surface area contributed by atoms with Crippen molar-refractivity contribution in [2.75, 3.05) is 11.9 Å². The summed E-state index contributed by atoms with van der Waals surface area (Å²) in [7, 11) is -3.71. The molecule has 0 saturated carbocycles. The Morgan fingerprint density at radius 3 is 2.41 bits per heavy atom. The largest absolute Gasteiger partial charge is 0.379 e. The fourth-order valence-electron chi connectivity index (χ4n) is 1.61. The molecule has 0 aliphatic rings. The molecule has 5 N–H and O–H groups in total. The van der Waals surface area contributed by atoms with E-state index >= 15 is 0 Å². The SMILES string of the molecule is CC(C)(CCN)Nc1ccccc1S(N)(=O)=O. The third-order valence-electron chi connectivity index (χ3n) is 2.44. The highest BCUT2D eigenvalue weighted by Gasteiger charge is 2.20. The molecule has 1 aromatic rings. The van der Waals surface area contributed by atoms with Crippen LogP contribution in [0.15, 0.2) is 29.2 Å². The Hall–Kier alpha value is -1.11. The van der Waals surface area contributed by atoms with Gasteiger partial charge in [-0.25, -0.2) is 13.6 Å². The van der Waals surface area contributed by atoms with Crippen LogP contribution in [0.5, 0.6) is 0 Å². The fraction of sp³-hybridized carbons (Fsp3) is 0.455. The summed E-state index contributed by atoms with van der Waals surface area (Å²) in [5.74, 6) is 0. The summed E-state index contributed by atoms with van der Waals surface area (Å²) in [6.45, 7) is 4.44. The molecule has 0 aliphatic heterocycles. The Morgan fingerprint density at radius 1 is 1.29 bits per heavy atom. The van der Waals surface area contributed by atoms with E-state index in [1.54, 1.807) is 18.2 Å². The highest BCUT2D eigenvalue weighted by molar-refractivity contribution is 7.89. The number of anilines is 1. The Kier molecular flexibility index (Phi) is 4.13. The normalized spacial score (nSPS) is 12.5. The molecule has 1 rings (SSSR count). The average molecular weight is 257 g/mol. The molecular formula is C11H19N3O2S. The number of rotatable bonds is 5. The summed E-state index contributed by atoms with van der Waals surface area (Å²) in [4.78, 5) is 0.102. The van der Waals surface area contributed by atoms with Crippen molar-refractivity contribution in [3.8, 4) is 0 Å². The molecule has 0 spiro atoms. The van der Waals surface area contributed by atoms with Gasteiger partial charge in [-0.15, -0.1) is 0 Å². The minimum atomic E-state index is -3.71. The van der Waals surface area contributed by atoms with Gasteiger partial charge in [0.1, 0.15) is 4.90 Å². The van der Waals surface area contributed by atoms with Crippen molar-refractivity contribution >= 4 is 15.7 Å². The first-order valence-corrected chi connectivity index (χ1v) is 6.91. The molecule has 6 heteroatoms. The van der Waals surface area contributed by atoms with Crippen LogP contribution in [0.3, 0.4) is 0 Å². The molecule has 96 valence electrons. The Bertz CT molecular complexity index is 483. The molecule has 0 amide bonds. The van der Waals surface area contributed by atoms with Crippen LogP contribution in [-0.4, -0.2) is 20.5 Å². The van der Waals surface area contributed by atoms with E-state index < -0.39 is 10.0 Å². The number of hydrogen-bond acceptors (Lipinski definition) is 4. The second-order valence-corrected chi connectivity index (χ2v) is 6.12. The first kappa shape index (κ1) is 14.0. The predicted molar refractivity (Wildman–Crippen MR) is 69.2 cm³/mol. The molecule has 0 unspecified atom stereocenters. The summed E-state index contributed by atoms with van der Waals surface area (Å²) < 4.78 is 22.8. The topological polar surface area (TPSA) is 98.2 Å². The molecule has 5 nitrogen and oxygen atoms in total. The van der Waals surface area contributed by atoms with Crippen molar-refractivity contribution in [2.45, 2.75) is 30.7 Å². The van der Waals surface area contributed by atoms with Crippen molar-refractivity contribution < 1.29 is 8.42 Å². The molecule has 0 radical (unpaired) electrons. The van der Waals surface area contributed by atoms with Gasteiger partial charge in [0.25, 0.3) is 0 Å². The minimum absolute atomic E-state index is 0.102. The van der Waals surface area contributed by atoms with Gasteiger partial charge >= 0.3 is 0 Å². The third-order valence-corrected chi connectivity index (χ3v) is 3.41. The fourth-order valence-corrected chi connectivity index (χ4v) is 2.30. The van der Waals surface area contributed by atoms with Gasteiger partial charge in [-0.2, -0.15) is 0 Å². The first-order valence-electron chi connectivity index (χ1n) is 5.36. The second-order valence-electron chi connectivity index (χ2n) is 4.59. The van der Waals surface area contributed by atoms with E-state index in [1.807, 2.05) is 13.8 Å². The van der Waals surface area contributed by atoms with Crippen molar-refractivity contribution in [1.82, 2.24) is 0 Å². The molecule has 1 aromatic carbocycles. The third kappa shape index (κ3) is 3.99. The number of primary sulfonamides is 1. The summed E-state index contributed by atoms with van der Waals surface area (Å²) in [5.41, 5.74) is 5.73. The van der Waals surface area contributed by atoms with Gasteiger partial charge in [-0.1, -0.05) is 12.1 Å². The molecular weight excluding hydrogens is 238 g/mol. The minimum Gasteiger partial charge on any atom is -0.379 e. The lowest BCUT2D eigenvalue weighted by Crippen LogP contribution is -2.34. The van der Waals surface area contributed by atoms with Gasteiger partial charge in [0, 0.05) is 5.54 Å². The van der Waals surface area contributed by atoms with Crippen LogP contribution in [0.2, 0.25) is 0 Å². The predicted octanol–water partition coefficient (Wildman–Crippen LogP) is 0.873. The monoisotopic (exact) mass is 257 g/mol. The number of benzene rings is 1. The standard InChI is InChI=1S/C11H19N3O2S/c1-11(2,7-8-12)14-9-5-3-4-6-10(9)17(13,15)16/h3-6,14H,7-8,12H2,1-2H3,(H2,13,15,16). The van der Waals surface area contributed by atoms with Gasteiger partial charge in [0.2, 0.25) is 10.0 Å². The second kappa shape index (κ2) is 5.03. The lowest BCUT2D eigenvalue weighted by Gasteiger charge is -2.28. The van der Waals surface area contributed by atoms with Crippen LogP contribution in [0.4, 0.5) is 5.69 Å². The Morgan fingerprint density at radius 2 is 1.88 bits per heavy atom. The Balaban J connectivity index is 3.08. The highest BCUT2D eigenvalue weighted by Crippen LogP contribution is 2.24. The van der Waals surface area contributed by atoms with Crippen LogP contribution < -0.4 is 16.2 Å². The van der Waals surface area contributed by atoms with E-state index in [9.17, 15) is 8.42 Å². The van der Waals surface area contributed by atoms with Gasteiger partial charge < -0.3 is 11.1 Å². The zero-order chi connectivity index (χ0) is 13.1. The molecule has 0 atom stereocenters. The van der Waals surface area contributed by atoms with Crippen LogP contribution >= 0.6 is 0 Å². The number of hydrogen-bond donors (Lipinski definition) is 3. The molecule has 0 bridgehead atoms. The van der Waals surface area contributed by atoms with Gasteiger partial charge in [-0.05, 0) is 38.9 Å². The maximum Gasteiger partial charge on any atom is 0.240 e. The number of nitrogens with two attached hydrogens (primary N) is 2. The van der Waals surface area contributed by atoms with Crippen LogP contribution in [0.25, 0.3) is 0 Å². The van der Waals surface area contributed by atoms with E-state index in [2.05, 4.69) is 5.32 Å².